The number of likely N-dealkylation sites (tertiary alicyclic amines) is 1. The van der Waals surface area contributed by atoms with Crippen LogP contribution in [0.5, 0.6) is 0 Å². The summed E-state index contributed by atoms with van der Waals surface area (Å²) in [6.45, 7) is 10.2. The van der Waals surface area contributed by atoms with Gasteiger partial charge in [0, 0.05) is 51.0 Å². The molecule has 24 heavy (non-hydrogen) atoms. The van der Waals surface area contributed by atoms with Gasteiger partial charge in [0.2, 0.25) is 0 Å². The van der Waals surface area contributed by atoms with Gasteiger partial charge in [0.05, 0.1) is 16.8 Å². The Morgan fingerprint density at radius 1 is 1.46 bits per heavy atom. The van der Waals surface area contributed by atoms with E-state index in [-0.39, 0.29) is 24.0 Å². The number of aliphatic imine (C=N–C) groups is 1. The minimum Gasteiger partial charge on any atom is -0.378 e. The normalized spacial score (nSPS) is 16.4. The van der Waals surface area contributed by atoms with Crippen LogP contribution in [0.4, 0.5) is 0 Å². The first-order valence-electron chi connectivity index (χ1n) is 8.65. The highest BCUT2D eigenvalue weighted by Crippen LogP contribution is 2.19. The van der Waals surface area contributed by atoms with Crippen LogP contribution in [-0.2, 0) is 11.2 Å². The van der Waals surface area contributed by atoms with E-state index in [0.717, 1.165) is 51.5 Å². The van der Waals surface area contributed by atoms with Crippen LogP contribution in [-0.4, -0.2) is 55.2 Å². The molecule has 0 aliphatic carbocycles. The smallest absolute Gasteiger partial charge is 0.193 e. The van der Waals surface area contributed by atoms with E-state index in [1.54, 1.807) is 11.3 Å². The van der Waals surface area contributed by atoms with Gasteiger partial charge < -0.3 is 15.0 Å². The number of nitrogens with one attached hydrogen (secondary N) is 1. The lowest BCUT2D eigenvalue weighted by Gasteiger charge is -2.34. The van der Waals surface area contributed by atoms with Crippen LogP contribution >= 0.6 is 35.3 Å². The van der Waals surface area contributed by atoms with E-state index < -0.39 is 0 Å². The fraction of sp³-hybridized carbons (Fsp3) is 0.765. The van der Waals surface area contributed by atoms with Gasteiger partial charge in [0.25, 0.3) is 0 Å². The van der Waals surface area contributed by atoms with Crippen LogP contribution in [0.1, 0.15) is 50.2 Å². The number of thiazole rings is 1. The summed E-state index contributed by atoms with van der Waals surface area (Å²) < 4.78 is 5.71. The molecule has 1 aromatic rings. The van der Waals surface area contributed by atoms with Gasteiger partial charge in [0.15, 0.2) is 5.96 Å². The van der Waals surface area contributed by atoms with Crippen molar-refractivity contribution in [2.24, 2.45) is 4.99 Å². The van der Waals surface area contributed by atoms with Gasteiger partial charge in [-0.2, -0.15) is 0 Å². The molecule has 138 valence electrons. The molecule has 0 unspecified atom stereocenters. The van der Waals surface area contributed by atoms with Crippen LogP contribution < -0.4 is 5.32 Å². The van der Waals surface area contributed by atoms with E-state index in [1.165, 1.54) is 10.7 Å². The Morgan fingerprint density at radius 3 is 2.71 bits per heavy atom. The monoisotopic (exact) mass is 466 g/mol. The number of hydrogen-bond donors (Lipinski definition) is 1. The van der Waals surface area contributed by atoms with Crippen molar-refractivity contribution in [3.8, 4) is 0 Å². The fourth-order valence-corrected chi connectivity index (χ4v) is 3.68. The van der Waals surface area contributed by atoms with Gasteiger partial charge in [-0.1, -0.05) is 13.8 Å². The molecule has 0 bridgehead atoms. The molecule has 2 heterocycles. The average Bonchev–Trinajstić information content (AvgIpc) is 3.02. The summed E-state index contributed by atoms with van der Waals surface area (Å²) in [7, 11) is 1.86. The van der Waals surface area contributed by atoms with Crippen molar-refractivity contribution in [2.45, 2.75) is 52.1 Å². The first-order chi connectivity index (χ1) is 11.1. The second-order valence-electron chi connectivity index (χ2n) is 6.20. The lowest BCUT2D eigenvalue weighted by molar-refractivity contribution is 0.0264. The maximum atomic E-state index is 5.71. The predicted octanol–water partition coefficient (Wildman–Crippen LogP) is 3.50. The van der Waals surface area contributed by atoms with Crippen molar-refractivity contribution < 1.29 is 4.74 Å². The molecule has 0 amide bonds. The average molecular weight is 466 g/mol. The quantitative estimate of drug-likeness (QED) is 0.396. The Labute approximate surface area is 167 Å². The Bertz CT molecular complexity index is 499. The summed E-state index contributed by atoms with van der Waals surface area (Å²) in [6, 6.07) is 0. The number of halogens is 1. The lowest BCUT2D eigenvalue weighted by atomic mass is 10.1. The van der Waals surface area contributed by atoms with Crippen molar-refractivity contribution in [2.75, 3.05) is 33.3 Å². The van der Waals surface area contributed by atoms with Crippen molar-refractivity contribution in [1.82, 2.24) is 15.2 Å². The van der Waals surface area contributed by atoms with Crippen LogP contribution in [0.2, 0.25) is 0 Å². The number of aromatic nitrogens is 1. The second-order valence-corrected chi connectivity index (χ2v) is 7.09. The Morgan fingerprint density at radius 2 is 2.17 bits per heavy atom. The van der Waals surface area contributed by atoms with E-state index in [1.807, 2.05) is 7.05 Å². The van der Waals surface area contributed by atoms with Crippen LogP contribution in [0.3, 0.4) is 0 Å². The number of nitrogens with zero attached hydrogens (tertiary/aromatic N) is 3. The van der Waals surface area contributed by atoms with Gasteiger partial charge in [-0.05, 0) is 19.8 Å². The lowest BCUT2D eigenvalue weighted by Crippen LogP contribution is -2.47. The fourth-order valence-electron chi connectivity index (χ4n) is 2.81. The first-order valence-corrected chi connectivity index (χ1v) is 9.53. The van der Waals surface area contributed by atoms with Crippen molar-refractivity contribution in [1.29, 1.82) is 0 Å². The summed E-state index contributed by atoms with van der Waals surface area (Å²) in [5, 5.41) is 6.87. The summed E-state index contributed by atoms with van der Waals surface area (Å²) in [5.41, 5.74) is 1.18. The van der Waals surface area contributed by atoms with Gasteiger partial charge in [-0.15, -0.1) is 35.3 Å². The van der Waals surface area contributed by atoms with E-state index >= 15 is 0 Å². The summed E-state index contributed by atoms with van der Waals surface area (Å²) in [4.78, 5) is 11.4. The second kappa shape index (κ2) is 11.3. The van der Waals surface area contributed by atoms with E-state index in [9.17, 15) is 0 Å². The van der Waals surface area contributed by atoms with Gasteiger partial charge >= 0.3 is 0 Å². The highest BCUT2D eigenvalue weighted by molar-refractivity contribution is 14.0. The molecular weight excluding hydrogens is 435 g/mol. The minimum absolute atomic E-state index is 0. The third-order valence-electron chi connectivity index (χ3n) is 4.08. The Balaban J connectivity index is 0.00000288. The highest BCUT2D eigenvalue weighted by atomic mass is 127. The number of hydrogen-bond acceptors (Lipinski definition) is 4. The maximum absolute atomic E-state index is 5.71. The minimum atomic E-state index is 0. The molecule has 0 saturated carbocycles. The van der Waals surface area contributed by atoms with Gasteiger partial charge in [-0.3, -0.25) is 4.99 Å². The number of rotatable bonds is 6. The molecule has 0 atom stereocenters. The Kier molecular flexibility index (Phi) is 10.1. The molecule has 0 aromatic carbocycles. The Hall–Kier alpha value is -0.410. The maximum Gasteiger partial charge on any atom is 0.193 e. The zero-order valence-corrected chi connectivity index (χ0v) is 18.4. The molecule has 1 aliphatic heterocycles. The van der Waals surface area contributed by atoms with Crippen LogP contribution in [0, 0.1) is 0 Å². The zero-order chi connectivity index (χ0) is 16.7. The molecule has 1 aliphatic rings. The number of ether oxygens (including phenoxy) is 1. The van der Waals surface area contributed by atoms with Crippen molar-refractivity contribution in [3.63, 3.8) is 0 Å². The topological polar surface area (TPSA) is 49.8 Å². The van der Waals surface area contributed by atoms with E-state index in [2.05, 4.69) is 46.3 Å². The summed E-state index contributed by atoms with van der Waals surface area (Å²) >= 11 is 1.76. The van der Waals surface area contributed by atoms with Crippen LogP contribution in [0.25, 0.3) is 0 Å². The standard InChI is InChI=1S/C17H30N4OS.HI/c1-5-22-15-7-10-21(11-8-15)17(18-4)19-9-6-14-12-23-16(20-14)13(2)3;/h12-13,15H,5-11H2,1-4H3,(H,18,19);1H. The molecule has 1 saturated heterocycles. The SMILES string of the molecule is CCOC1CCN(C(=NC)NCCc2csc(C(C)C)n2)CC1.I. The molecule has 0 radical (unpaired) electrons. The van der Waals surface area contributed by atoms with Crippen LogP contribution in [0.15, 0.2) is 10.4 Å². The number of piperidine rings is 1. The van der Waals surface area contributed by atoms with Crippen molar-refractivity contribution in [3.05, 3.63) is 16.1 Å². The molecule has 2 rings (SSSR count). The third kappa shape index (κ3) is 6.48. The predicted molar refractivity (Wildman–Crippen MR) is 113 cm³/mol. The van der Waals surface area contributed by atoms with Crippen molar-refractivity contribution >= 4 is 41.3 Å². The highest BCUT2D eigenvalue weighted by Gasteiger charge is 2.21. The molecule has 5 nitrogen and oxygen atoms in total. The largest absolute Gasteiger partial charge is 0.378 e. The number of guanidine groups is 1. The first kappa shape index (κ1) is 21.6. The van der Waals surface area contributed by atoms with Gasteiger partial charge in [-0.25, -0.2) is 4.98 Å². The molecule has 0 spiro atoms. The summed E-state index contributed by atoms with van der Waals surface area (Å²) in [5.74, 6) is 1.51. The summed E-state index contributed by atoms with van der Waals surface area (Å²) in [6.07, 6.45) is 3.52. The molecule has 1 N–H and O–H groups in total. The van der Waals surface area contributed by atoms with E-state index in [4.69, 9.17) is 4.74 Å². The van der Waals surface area contributed by atoms with E-state index in [0.29, 0.717) is 12.0 Å². The molecule has 1 aromatic heterocycles. The van der Waals surface area contributed by atoms with Gasteiger partial charge in [0.1, 0.15) is 0 Å². The molecule has 1 fully saturated rings. The molecule has 7 heteroatoms. The zero-order valence-electron chi connectivity index (χ0n) is 15.2. The third-order valence-corrected chi connectivity index (χ3v) is 5.28. The molecular formula is C17H31IN4OS.